The molecule has 23 heavy (non-hydrogen) atoms. The summed E-state index contributed by atoms with van der Waals surface area (Å²) in [5.41, 5.74) is 0.513. The highest BCUT2D eigenvalue weighted by Gasteiger charge is 2.20. The van der Waals surface area contributed by atoms with Gasteiger partial charge < -0.3 is 14.8 Å². The van der Waals surface area contributed by atoms with Crippen LogP contribution in [0.25, 0.3) is 10.6 Å². The summed E-state index contributed by atoms with van der Waals surface area (Å²) in [6.07, 6.45) is 1.46. The lowest BCUT2D eigenvalue weighted by molar-refractivity contribution is 0.0903. The fourth-order valence-electron chi connectivity index (χ4n) is 2.06. The van der Waals surface area contributed by atoms with Gasteiger partial charge in [-0.25, -0.2) is 9.37 Å². The van der Waals surface area contributed by atoms with E-state index in [4.69, 9.17) is 4.42 Å². The molecule has 2 heterocycles. The average molecular weight is 332 g/mol. The van der Waals surface area contributed by atoms with E-state index in [9.17, 15) is 14.3 Å². The largest absolute Gasteiger partial charge is 0.467 e. The van der Waals surface area contributed by atoms with Crippen LogP contribution in [0, 0.1) is 5.82 Å². The van der Waals surface area contributed by atoms with Crippen LogP contribution in [-0.2, 0) is 0 Å². The van der Waals surface area contributed by atoms with E-state index in [-0.39, 0.29) is 12.3 Å². The molecule has 0 saturated heterocycles. The normalized spacial score (nSPS) is 12.1. The summed E-state index contributed by atoms with van der Waals surface area (Å²) in [5.74, 6) is -0.401. The summed E-state index contributed by atoms with van der Waals surface area (Å²) in [6.45, 7) is -0.302. The average Bonchev–Trinajstić information content (AvgIpc) is 3.24. The van der Waals surface area contributed by atoms with Gasteiger partial charge in [0.15, 0.2) is 0 Å². The van der Waals surface area contributed by atoms with Crippen LogP contribution >= 0.6 is 11.3 Å². The van der Waals surface area contributed by atoms with Gasteiger partial charge in [-0.05, 0) is 24.3 Å². The fraction of sp³-hybridized carbons (Fsp3) is 0.125. The van der Waals surface area contributed by atoms with Crippen LogP contribution in [0.3, 0.4) is 0 Å². The molecule has 1 unspecified atom stereocenters. The van der Waals surface area contributed by atoms with E-state index in [2.05, 4.69) is 10.3 Å². The Bertz CT molecular complexity index is 801. The highest BCUT2D eigenvalue weighted by atomic mass is 32.1. The SMILES string of the molecule is O=C(NC(CO)c1ccco1)c1csc(-c2ccccc2F)n1. The number of hydrogen-bond donors (Lipinski definition) is 2. The van der Waals surface area contributed by atoms with Crippen molar-refractivity contribution < 1.29 is 18.7 Å². The van der Waals surface area contributed by atoms with Crippen LogP contribution in [0.2, 0.25) is 0 Å². The second-order valence-corrected chi connectivity index (χ2v) is 5.60. The number of amides is 1. The summed E-state index contributed by atoms with van der Waals surface area (Å²) in [7, 11) is 0. The molecule has 0 aliphatic rings. The van der Waals surface area contributed by atoms with Gasteiger partial charge in [-0.1, -0.05) is 12.1 Å². The first-order valence-electron chi connectivity index (χ1n) is 6.84. The minimum absolute atomic E-state index is 0.165. The molecule has 0 aliphatic carbocycles. The third-order valence-corrected chi connectivity index (χ3v) is 4.09. The lowest BCUT2D eigenvalue weighted by Crippen LogP contribution is -2.30. The third-order valence-electron chi connectivity index (χ3n) is 3.22. The van der Waals surface area contributed by atoms with Crippen molar-refractivity contribution in [2.45, 2.75) is 6.04 Å². The Balaban J connectivity index is 1.78. The molecule has 0 spiro atoms. The molecule has 3 rings (SSSR count). The molecule has 1 amide bonds. The van der Waals surface area contributed by atoms with Crippen LogP contribution in [-0.4, -0.2) is 22.6 Å². The zero-order valence-corrected chi connectivity index (χ0v) is 12.7. The first-order valence-corrected chi connectivity index (χ1v) is 7.72. The predicted molar refractivity (Wildman–Crippen MR) is 83.5 cm³/mol. The Morgan fingerprint density at radius 2 is 2.17 bits per heavy atom. The van der Waals surface area contributed by atoms with Gasteiger partial charge in [-0.3, -0.25) is 4.79 Å². The van der Waals surface area contributed by atoms with Gasteiger partial charge in [-0.2, -0.15) is 0 Å². The molecule has 0 bridgehead atoms. The van der Waals surface area contributed by atoms with Gasteiger partial charge in [0, 0.05) is 10.9 Å². The smallest absolute Gasteiger partial charge is 0.271 e. The number of thiazole rings is 1. The number of aromatic nitrogens is 1. The van der Waals surface area contributed by atoms with Crippen molar-refractivity contribution in [2.75, 3.05) is 6.61 Å². The first kappa shape index (κ1) is 15.4. The van der Waals surface area contributed by atoms with E-state index in [1.165, 1.54) is 23.7 Å². The number of aliphatic hydroxyl groups excluding tert-OH is 1. The lowest BCUT2D eigenvalue weighted by atomic mass is 10.2. The van der Waals surface area contributed by atoms with Crippen molar-refractivity contribution in [3.63, 3.8) is 0 Å². The van der Waals surface area contributed by atoms with Gasteiger partial charge in [-0.15, -0.1) is 11.3 Å². The number of carbonyl (C=O) groups is 1. The van der Waals surface area contributed by atoms with E-state index in [1.54, 1.807) is 35.7 Å². The van der Waals surface area contributed by atoms with Crippen LogP contribution in [0.4, 0.5) is 4.39 Å². The molecule has 7 heteroatoms. The van der Waals surface area contributed by atoms with Crippen LogP contribution < -0.4 is 5.32 Å². The molecule has 0 radical (unpaired) electrons. The Morgan fingerprint density at radius 3 is 2.87 bits per heavy atom. The Kier molecular flexibility index (Phi) is 4.50. The van der Waals surface area contributed by atoms with Crippen LogP contribution in [0.15, 0.2) is 52.5 Å². The Hall–Kier alpha value is -2.51. The van der Waals surface area contributed by atoms with E-state index in [1.807, 2.05) is 0 Å². The molecule has 0 saturated carbocycles. The van der Waals surface area contributed by atoms with Crippen LogP contribution in [0.1, 0.15) is 22.3 Å². The van der Waals surface area contributed by atoms with Crippen molar-refractivity contribution in [3.8, 4) is 10.6 Å². The standard InChI is InChI=1S/C16H13FN2O3S/c17-11-5-2-1-4-10(11)16-19-13(9-23-16)15(21)18-12(8-20)14-6-3-7-22-14/h1-7,9,12,20H,8H2,(H,18,21). The Labute approximate surface area is 135 Å². The highest BCUT2D eigenvalue weighted by Crippen LogP contribution is 2.26. The monoisotopic (exact) mass is 332 g/mol. The minimum Gasteiger partial charge on any atom is -0.467 e. The maximum atomic E-state index is 13.8. The zero-order chi connectivity index (χ0) is 16.2. The molecular formula is C16H13FN2O3S. The van der Waals surface area contributed by atoms with E-state index < -0.39 is 17.8 Å². The molecule has 2 aromatic heterocycles. The van der Waals surface area contributed by atoms with E-state index in [0.29, 0.717) is 16.3 Å². The summed E-state index contributed by atoms with van der Waals surface area (Å²) in [5, 5.41) is 14.0. The second kappa shape index (κ2) is 6.72. The van der Waals surface area contributed by atoms with Crippen molar-refractivity contribution in [1.29, 1.82) is 0 Å². The van der Waals surface area contributed by atoms with Crippen molar-refractivity contribution >= 4 is 17.2 Å². The molecule has 0 aliphatic heterocycles. The molecule has 118 valence electrons. The van der Waals surface area contributed by atoms with Gasteiger partial charge in [0.05, 0.1) is 12.9 Å². The summed E-state index contributed by atoms with van der Waals surface area (Å²) >= 11 is 1.18. The number of rotatable bonds is 5. The number of benzene rings is 1. The molecule has 3 aromatic rings. The number of aliphatic hydroxyl groups is 1. The summed E-state index contributed by atoms with van der Waals surface area (Å²) < 4.78 is 18.9. The van der Waals surface area contributed by atoms with Gasteiger partial charge in [0.25, 0.3) is 5.91 Å². The minimum atomic E-state index is -0.656. The molecular weight excluding hydrogens is 319 g/mol. The third kappa shape index (κ3) is 3.30. The molecule has 0 fully saturated rings. The number of carbonyl (C=O) groups excluding carboxylic acids is 1. The molecule has 1 aromatic carbocycles. The summed E-state index contributed by atoms with van der Waals surface area (Å²) in [4.78, 5) is 16.4. The number of furan rings is 1. The van der Waals surface area contributed by atoms with Crippen molar-refractivity contribution in [3.05, 3.63) is 65.3 Å². The van der Waals surface area contributed by atoms with Gasteiger partial charge >= 0.3 is 0 Å². The second-order valence-electron chi connectivity index (χ2n) is 4.74. The topological polar surface area (TPSA) is 75.4 Å². The van der Waals surface area contributed by atoms with E-state index >= 15 is 0 Å². The lowest BCUT2D eigenvalue weighted by Gasteiger charge is -2.12. The maximum Gasteiger partial charge on any atom is 0.271 e. The van der Waals surface area contributed by atoms with Gasteiger partial charge in [0.2, 0.25) is 0 Å². The fourth-order valence-corrected chi connectivity index (χ4v) is 2.89. The number of nitrogens with one attached hydrogen (secondary N) is 1. The Morgan fingerprint density at radius 1 is 1.35 bits per heavy atom. The number of halogens is 1. The van der Waals surface area contributed by atoms with Crippen molar-refractivity contribution in [2.24, 2.45) is 0 Å². The zero-order valence-electron chi connectivity index (χ0n) is 11.9. The molecule has 1 atom stereocenters. The number of nitrogens with zero attached hydrogens (tertiary/aromatic N) is 1. The predicted octanol–water partition coefficient (Wildman–Crippen LogP) is 3.01. The molecule has 5 nitrogen and oxygen atoms in total. The quantitative estimate of drug-likeness (QED) is 0.753. The highest BCUT2D eigenvalue weighted by molar-refractivity contribution is 7.13. The summed E-state index contributed by atoms with van der Waals surface area (Å²) in [6, 6.07) is 8.92. The maximum absolute atomic E-state index is 13.8. The number of hydrogen-bond acceptors (Lipinski definition) is 5. The molecule has 2 N–H and O–H groups in total. The van der Waals surface area contributed by atoms with Gasteiger partial charge in [0.1, 0.15) is 28.3 Å². The van der Waals surface area contributed by atoms with Crippen LogP contribution in [0.5, 0.6) is 0 Å². The van der Waals surface area contributed by atoms with E-state index in [0.717, 1.165) is 0 Å². The van der Waals surface area contributed by atoms with Crippen molar-refractivity contribution in [1.82, 2.24) is 10.3 Å². The first-order chi connectivity index (χ1) is 11.2.